The number of amides is 1. The largest absolute Gasteiger partial charge is 0.391 e. The van der Waals surface area contributed by atoms with Gasteiger partial charge in [0.15, 0.2) is 0 Å². The first-order valence-corrected chi connectivity index (χ1v) is 10.4. The zero-order valence-corrected chi connectivity index (χ0v) is 17.4. The number of rotatable bonds is 9. The van der Waals surface area contributed by atoms with Crippen molar-refractivity contribution < 1.29 is 18.0 Å². The number of nitrogens with zero attached hydrogens (tertiary/aromatic N) is 1. The van der Waals surface area contributed by atoms with Crippen LogP contribution in [0.15, 0.2) is 45.2 Å². The van der Waals surface area contributed by atoms with Gasteiger partial charge in [0.05, 0.1) is 17.9 Å². The standard InChI is InChI=1S/C18H24N6O5S/c1-11-3-5-14(6-4-11)30(27,28)24-16-13(9-12(2)22-17(16)26)10-15(25)21-7-8-29-23-18(19)20/h3-6,9,24H,7-8,10H2,1-2H3,(H,21,25)(H,22,26)(H4,19,20,23). The second kappa shape index (κ2) is 9.78. The van der Waals surface area contributed by atoms with E-state index < -0.39 is 21.5 Å². The van der Waals surface area contributed by atoms with Crippen molar-refractivity contribution in [3.05, 3.63) is 57.5 Å². The van der Waals surface area contributed by atoms with Crippen LogP contribution in [0.1, 0.15) is 16.8 Å². The summed E-state index contributed by atoms with van der Waals surface area (Å²) in [6.07, 6.45) is -0.223. The molecule has 2 rings (SSSR count). The highest BCUT2D eigenvalue weighted by Crippen LogP contribution is 2.18. The molecule has 0 aliphatic rings. The predicted molar refractivity (Wildman–Crippen MR) is 112 cm³/mol. The van der Waals surface area contributed by atoms with E-state index in [0.717, 1.165) is 5.56 Å². The number of oxime groups is 1. The summed E-state index contributed by atoms with van der Waals surface area (Å²) in [4.78, 5) is 31.9. The lowest BCUT2D eigenvalue weighted by Gasteiger charge is -2.13. The number of aromatic amines is 1. The third-order valence-corrected chi connectivity index (χ3v) is 5.22. The molecule has 30 heavy (non-hydrogen) atoms. The molecule has 11 nitrogen and oxygen atoms in total. The number of aromatic nitrogens is 1. The Morgan fingerprint density at radius 2 is 1.87 bits per heavy atom. The maximum absolute atomic E-state index is 12.7. The smallest absolute Gasteiger partial charge is 0.272 e. The van der Waals surface area contributed by atoms with Gasteiger partial charge >= 0.3 is 0 Å². The van der Waals surface area contributed by atoms with Crippen molar-refractivity contribution in [1.82, 2.24) is 10.3 Å². The quantitative estimate of drug-likeness (QED) is 0.154. The molecule has 0 atom stereocenters. The summed E-state index contributed by atoms with van der Waals surface area (Å²) in [5, 5.41) is 5.88. The Morgan fingerprint density at radius 1 is 1.20 bits per heavy atom. The Kier molecular flexibility index (Phi) is 7.42. The predicted octanol–water partition coefficient (Wildman–Crippen LogP) is -0.344. The van der Waals surface area contributed by atoms with Crippen molar-refractivity contribution in [3.63, 3.8) is 0 Å². The normalized spacial score (nSPS) is 10.9. The summed E-state index contributed by atoms with van der Waals surface area (Å²) in [6.45, 7) is 3.60. The number of hydrogen-bond donors (Lipinski definition) is 5. The fraction of sp³-hybridized carbons (Fsp3) is 0.278. The van der Waals surface area contributed by atoms with E-state index in [-0.39, 0.29) is 41.7 Å². The molecule has 0 bridgehead atoms. The number of nitrogens with two attached hydrogens (primary N) is 2. The minimum absolute atomic E-state index is 0.000330. The topological polar surface area (TPSA) is 182 Å². The first-order chi connectivity index (χ1) is 14.1. The molecule has 1 amide bonds. The summed E-state index contributed by atoms with van der Waals surface area (Å²) in [6, 6.07) is 7.69. The maximum atomic E-state index is 12.7. The molecule has 12 heteroatoms. The van der Waals surface area contributed by atoms with Gasteiger partial charge in [-0.2, -0.15) is 0 Å². The van der Waals surface area contributed by atoms with Gasteiger partial charge in [0, 0.05) is 5.69 Å². The van der Waals surface area contributed by atoms with Crippen LogP contribution >= 0.6 is 0 Å². The number of hydrogen-bond acceptors (Lipinski definition) is 6. The van der Waals surface area contributed by atoms with Gasteiger partial charge in [-0.15, -0.1) is 0 Å². The number of nitrogens with one attached hydrogen (secondary N) is 3. The van der Waals surface area contributed by atoms with Gasteiger partial charge < -0.3 is 26.6 Å². The van der Waals surface area contributed by atoms with Crippen molar-refractivity contribution >= 4 is 27.6 Å². The minimum Gasteiger partial charge on any atom is -0.391 e. The molecule has 0 saturated heterocycles. The van der Waals surface area contributed by atoms with Crippen molar-refractivity contribution in [1.29, 1.82) is 0 Å². The average molecular weight is 436 g/mol. The van der Waals surface area contributed by atoms with Gasteiger partial charge in [-0.1, -0.05) is 17.7 Å². The summed E-state index contributed by atoms with van der Waals surface area (Å²) >= 11 is 0. The molecule has 0 unspecified atom stereocenters. The van der Waals surface area contributed by atoms with E-state index >= 15 is 0 Å². The van der Waals surface area contributed by atoms with E-state index in [1.54, 1.807) is 19.1 Å². The van der Waals surface area contributed by atoms with Crippen LogP contribution in [0.5, 0.6) is 0 Å². The summed E-state index contributed by atoms with van der Waals surface area (Å²) in [5.41, 5.74) is 11.0. The Labute approximate surface area is 173 Å². The van der Waals surface area contributed by atoms with Crippen LogP contribution in [-0.2, 0) is 26.1 Å². The zero-order chi connectivity index (χ0) is 22.3. The molecule has 0 aliphatic heterocycles. The molecule has 0 saturated carbocycles. The molecule has 0 spiro atoms. The number of sulfonamides is 1. The van der Waals surface area contributed by atoms with Crippen molar-refractivity contribution in [3.8, 4) is 0 Å². The molecule has 1 aromatic heterocycles. The van der Waals surface area contributed by atoms with E-state index in [1.165, 1.54) is 18.2 Å². The molecule has 7 N–H and O–H groups in total. The van der Waals surface area contributed by atoms with Crippen molar-refractivity contribution in [2.75, 3.05) is 17.9 Å². The Morgan fingerprint density at radius 3 is 2.50 bits per heavy atom. The van der Waals surface area contributed by atoms with Gasteiger partial charge in [0.2, 0.25) is 11.9 Å². The number of aryl methyl sites for hydroxylation is 2. The third kappa shape index (κ3) is 6.51. The molecule has 1 aromatic carbocycles. The molecule has 1 heterocycles. The fourth-order valence-electron chi connectivity index (χ4n) is 2.51. The highest BCUT2D eigenvalue weighted by atomic mass is 32.2. The number of H-pyrrole nitrogens is 1. The number of carbonyl (C=O) groups excluding carboxylic acids is 1. The van der Waals surface area contributed by atoms with Gasteiger partial charge in [-0.25, -0.2) is 8.42 Å². The van der Waals surface area contributed by atoms with E-state index in [1.807, 2.05) is 6.92 Å². The molecule has 2 aromatic rings. The lowest BCUT2D eigenvalue weighted by atomic mass is 10.1. The summed E-state index contributed by atoms with van der Waals surface area (Å²) in [5.74, 6) is -0.685. The first-order valence-electron chi connectivity index (χ1n) is 8.88. The zero-order valence-electron chi connectivity index (χ0n) is 16.6. The van der Waals surface area contributed by atoms with Crippen LogP contribution in [0.25, 0.3) is 0 Å². The lowest BCUT2D eigenvalue weighted by Crippen LogP contribution is -2.30. The van der Waals surface area contributed by atoms with Crippen LogP contribution < -0.4 is 27.1 Å². The molecular formula is C18H24N6O5S. The van der Waals surface area contributed by atoms with Gasteiger partial charge in [-0.05, 0) is 42.8 Å². The Bertz CT molecular complexity index is 1090. The number of benzene rings is 1. The highest BCUT2D eigenvalue weighted by molar-refractivity contribution is 7.92. The van der Waals surface area contributed by atoms with Crippen LogP contribution in [0, 0.1) is 13.8 Å². The van der Waals surface area contributed by atoms with Crippen LogP contribution in [0.2, 0.25) is 0 Å². The molecule has 0 radical (unpaired) electrons. The Balaban J connectivity index is 2.17. The Hall–Kier alpha value is -3.54. The molecule has 162 valence electrons. The molecule has 0 aliphatic carbocycles. The summed E-state index contributed by atoms with van der Waals surface area (Å²) in [7, 11) is -4.02. The van der Waals surface area contributed by atoms with Crippen LogP contribution in [0.3, 0.4) is 0 Å². The fourth-order valence-corrected chi connectivity index (χ4v) is 3.62. The molecular weight excluding hydrogens is 412 g/mol. The van der Waals surface area contributed by atoms with E-state index in [0.29, 0.717) is 5.69 Å². The van der Waals surface area contributed by atoms with Gasteiger partial charge in [0.25, 0.3) is 15.6 Å². The molecule has 0 fully saturated rings. The van der Waals surface area contributed by atoms with Gasteiger partial charge in [-0.3, -0.25) is 14.3 Å². The van der Waals surface area contributed by atoms with E-state index in [4.69, 9.17) is 16.3 Å². The second-order valence-electron chi connectivity index (χ2n) is 6.48. The SMILES string of the molecule is Cc1ccc(S(=O)(=O)Nc2c(CC(=O)NCCON=C(N)N)cc(C)[nH]c2=O)cc1. The van der Waals surface area contributed by atoms with Crippen molar-refractivity contribution in [2.24, 2.45) is 16.6 Å². The maximum Gasteiger partial charge on any atom is 0.272 e. The highest BCUT2D eigenvalue weighted by Gasteiger charge is 2.20. The number of anilines is 1. The van der Waals surface area contributed by atoms with E-state index in [2.05, 4.69) is 20.2 Å². The average Bonchev–Trinajstić information content (AvgIpc) is 2.64. The minimum atomic E-state index is -4.02. The number of guanidine groups is 1. The van der Waals surface area contributed by atoms with Crippen molar-refractivity contribution in [2.45, 2.75) is 25.2 Å². The van der Waals surface area contributed by atoms with Crippen LogP contribution in [0.4, 0.5) is 5.69 Å². The van der Waals surface area contributed by atoms with Gasteiger partial charge in [0.1, 0.15) is 12.3 Å². The first kappa shape index (κ1) is 22.7. The monoisotopic (exact) mass is 436 g/mol. The number of carbonyl (C=O) groups is 1. The third-order valence-electron chi connectivity index (χ3n) is 3.85. The van der Waals surface area contributed by atoms with Crippen LogP contribution in [-0.4, -0.2) is 38.4 Å². The summed E-state index contributed by atoms with van der Waals surface area (Å²) < 4.78 is 27.6. The second-order valence-corrected chi connectivity index (χ2v) is 8.16. The number of pyridine rings is 1. The lowest BCUT2D eigenvalue weighted by molar-refractivity contribution is -0.120. The van der Waals surface area contributed by atoms with E-state index in [9.17, 15) is 18.0 Å².